The molecule has 0 aliphatic heterocycles. The van der Waals surface area contributed by atoms with Crippen molar-refractivity contribution < 1.29 is 4.79 Å². The van der Waals surface area contributed by atoms with Crippen molar-refractivity contribution in [1.82, 2.24) is 10.3 Å². The van der Waals surface area contributed by atoms with Crippen LogP contribution in [0.1, 0.15) is 30.7 Å². The lowest BCUT2D eigenvalue weighted by atomic mass is 10.1. The van der Waals surface area contributed by atoms with Crippen LogP contribution in [-0.4, -0.2) is 23.5 Å². The van der Waals surface area contributed by atoms with E-state index in [4.69, 9.17) is 5.73 Å². The largest absolute Gasteiger partial charge is 0.354 e. The molecule has 0 bridgehead atoms. The van der Waals surface area contributed by atoms with Gasteiger partial charge in [0.2, 0.25) is 5.91 Å². The van der Waals surface area contributed by atoms with Gasteiger partial charge in [0, 0.05) is 24.0 Å². The van der Waals surface area contributed by atoms with Gasteiger partial charge in [-0.1, -0.05) is 20.8 Å². The molecule has 0 unspecified atom stereocenters. The van der Waals surface area contributed by atoms with E-state index < -0.39 is 6.04 Å². The third-order valence-electron chi connectivity index (χ3n) is 2.61. The minimum Gasteiger partial charge on any atom is -0.354 e. The van der Waals surface area contributed by atoms with E-state index >= 15 is 0 Å². The van der Waals surface area contributed by atoms with Gasteiger partial charge < -0.3 is 11.1 Å². The lowest BCUT2D eigenvalue weighted by Crippen LogP contribution is -2.44. The van der Waals surface area contributed by atoms with Crippen molar-refractivity contribution in [2.75, 3.05) is 6.54 Å². The molecule has 1 heterocycles. The van der Waals surface area contributed by atoms with Gasteiger partial charge in [0.1, 0.15) is 0 Å². The van der Waals surface area contributed by atoms with Gasteiger partial charge >= 0.3 is 0 Å². The summed E-state index contributed by atoms with van der Waals surface area (Å²) in [6, 6.07) is -0.419. The van der Waals surface area contributed by atoms with E-state index in [-0.39, 0.29) is 11.8 Å². The minimum absolute atomic E-state index is 0.0766. The summed E-state index contributed by atoms with van der Waals surface area (Å²) in [7, 11) is 0. The average molecular weight is 255 g/mol. The Morgan fingerprint density at radius 1 is 1.59 bits per heavy atom. The van der Waals surface area contributed by atoms with E-state index in [1.807, 2.05) is 20.0 Å². The predicted octanol–water partition coefficient (Wildman–Crippen LogP) is 1.35. The fraction of sp³-hybridized carbons (Fsp3) is 0.667. The lowest BCUT2D eigenvalue weighted by molar-refractivity contribution is -0.123. The molecular weight excluding hydrogens is 234 g/mol. The molecule has 3 N–H and O–H groups in total. The minimum atomic E-state index is -0.419. The molecule has 0 aliphatic rings. The van der Waals surface area contributed by atoms with Crippen molar-refractivity contribution in [2.45, 2.75) is 39.7 Å². The zero-order valence-corrected chi connectivity index (χ0v) is 11.5. The standard InChI is InChI=1S/C12H21N3OS/c1-4-9-7-15-10(17-9)5-6-14-12(16)11(13)8(2)3/h7-8,11H,4-6,13H2,1-3H3,(H,14,16)/t11-/m0/s1. The van der Waals surface area contributed by atoms with Crippen LogP contribution in [0, 0.1) is 5.92 Å². The van der Waals surface area contributed by atoms with Gasteiger partial charge in [-0.2, -0.15) is 0 Å². The Morgan fingerprint density at radius 2 is 2.29 bits per heavy atom. The Labute approximate surface area is 107 Å². The molecule has 0 saturated heterocycles. The molecule has 96 valence electrons. The molecule has 1 atom stereocenters. The smallest absolute Gasteiger partial charge is 0.237 e. The summed E-state index contributed by atoms with van der Waals surface area (Å²) >= 11 is 1.71. The Bertz CT molecular complexity index is 362. The number of aryl methyl sites for hydroxylation is 1. The molecule has 0 aromatic carbocycles. The van der Waals surface area contributed by atoms with E-state index in [2.05, 4.69) is 17.2 Å². The van der Waals surface area contributed by atoms with Gasteiger partial charge in [-0.05, 0) is 12.3 Å². The number of hydrogen-bond donors (Lipinski definition) is 2. The van der Waals surface area contributed by atoms with Gasteiger partial charge in [-0.25, -0.2) is 4.98 Å². The first kappa shape index (κ1) is 14.1. The Morgan fingerprint density at radius 3 is 2.82 bits per heavy atom. The quantitative estimate of drug-likeness (QED) is 0.806. The summed E-state index contributed by atoms with van der Waals surface area (Å²) in [6.07, 6.45) is 3.70. The molecular formula is C12H21N3OS. The first-order chi connectivity index (χ1) is 8.04. The van der Waals surface area contributed by atoms with Crippen LogP contribution in [-0.2, 0) is 17.6 Å². The number of thiazole rings is 1. The zero-order valence-electron chi connectivity index (χ0n) is 10.7. The van der Waals surface area contributed by atoms with Crippen LogP contribution in [0.4, 0.5) is 0 Å². The lowest BCUT2D eigenvalue weighted by Gasteiger charge is -2.14. The molecule has 1 amide bonds. The van der Waals surface area contributed by atoms with Crippen molar-refractivity contribution in [3.63, 3.8) is 0 Å². The third-order valence-corrected chi connectivity index (χ3v) is 3.81. The van der Waals surface area contributed by atoms with Crippen LogP contribution < -0.4 is 11.1 Å². The number of nitrogens with zero attached hydrogens (tertiary/aromatic N) is 1. The number of nitrogens with two attached hydrogens (primary N) is 1. The predicted molar refractivity (Wildman–Crippen MR) is 71.0 cm³/mol. The van der Waals surface area contributed by atoms with E-state index in [1.165, 1.54) is 4.88 Å². The van der Waals surface area contributed by atoms with Gasteiger partial charge in [0.25, 0.3) is 0 Å². The molecule has 0 radical (unpaired) electrons. The van der Waals surface area contributed by atoms with Crippen LogP contribution in [0.3, 0.4) is 0 Å². The molecule has 4 nitrogen and oxygen atoms in total. The van der Waals surface area contributed by atoms with Crippen molar-refractivity contribution in [2.24, 2.45) is 11.7 Å². The highest BCUT2D eigenvalue weighted by Gasteiger charge is 2.16. The molecule has 0 aliphatic carbocycles. The van der Waals surface area contributed by atoms with Gasteiger partial charge in [0.15, 0.2) is 0 Å². The maximum absolute atomic E-state index is 11.6. The van der Waals surface area contributed by atoms with Crippen LogP contribution in [0.15, 0.2) is 6.20 Å². The molecule has 5 heteroatoms. The molecule has 1 aromatic heterocycles. The van der Waals surface area contributed by atoms with E-state index in [1.54, 1.807) is 11.3 Å². The molecule has 1 aromatic rings. The highest BCUT2D eigenvalue weighted by Crippen LogP contribution is 2.13. The first-order valence-electron chi connectivity index (χ1n) is 6.01. The highest BCUT2D eigenvalue weighted by molar-refractivity contribution is 7.11. The summed E-state index contributed by atoms with van der Waals surface area (Å²) in [4.78, 5) is 17.2. The maximum Gasteiger partial charge on any atom is 0.237 e. The second kappa shape index (κ2) is 6.71. The monoisotopic (exact) mass is 255 g/mol. The third kappa shape index (κ3) is 4.44. The van der Waals surface area contributed by atoms with E-state index in [0.717, 1.165) is 17.8 Å². The second-order valence-corrected chi connectivity index (χ2v) is 5.58. The summed E-state index contributed by atoms with van der Waals surface area (Å²) in [5, 5.41) is 3.91. The van der Waals surface area contributed by atoms with Crippen molar-refractivity contribution >= 4 is 17.2 Å². The molecule has 0 fully saturated rings. The van der Waals surface area contributed by atoms with E-state index in [0.29, 0.717) is 6.54 Å². The number of amides is 1. The topological polar surface area (TPSA) is 68.0 Å². The number of rotatable bonds is 6. The first-order valence-corrected chi connectivity index (χ1v) is 6.83. The van der Waals surface area contributed by atoms with Crippen molar-refractivity contribution in [3.05, 3.63) is 16.1 Å². The molecule has 0 spiro atoms. The summed E-state index contributed by atoms with van der Waals surface area (Å²) in [5.41, 5.74) is 5.74. The average Bonchev–Trinajstić information content (AvgIpc) is 2.75. The normalized spacial score (nSPS) is 12.8. The van der Waals surface area contributed by atoms with Crippen LogP contribution in [0.2, 0.25) is 0 Å². The van der Waals surface area contributed by atoms with Gasteiger partial charge in [-0.3, -0.25) is 4.79 Å². The number of carbonyl (C=O) groups excluding carboxylic acids is 1. The summed E-state index contributed by atoms with van der Waals surface area (Å²) < 4.78 is 0. The zero-order chi connectivity index (χ0) is 12.8. The van der Waals surface area contributed by atoms with E-state index in [9.17, 15) is 4.79 Å². The fourth-order valence-corrected chi connectivity index (χ4v) is 2.20. The van der Waals surface area contributed by atoms with Crippen LogP contribution in [0.5, 0.6) is 0 Å². The van der Waals surface area contributed by atoms with Crippen LogP contribution in [0.25, 0.3) is 0 Å². The Kier molecular flexibility index (Phi) is 5.58. The molecule has 1 rings (SSSR count). The number of aromatic nitrogens is 1. The highest BCUT2D eigenvalue weighted by atomic mass is 32.1. The SMILES string of the molecule is CCc1cnc(CCNC(=O)[C@@H](N)C(C)C)s1. The van der Waals surface area contributed by atoms with Crippen LogP contribution >= 0.6 is 11.3 Å². The summed E-state index contributed by atoms with van der Waals surface area (Å²) in [6.45, 7) is 6.61. The number of hydrogen-bond acceptors (Lipinski definition) is 4. The number of carbonyl (C=O) groups is 1. The maximum atomic E-state index is 11.6. The second-order valence-electron chi connectivity index (χ2n) is 4.38. The molecule has 0 saturated carbocycles. The molecule has 17 heavy (non-hydrogen) atoms. The Hall–Kier alpha value is -0.940. The van der Waals surface area contributed by atoms with Gasteiger partial charge in [-0.15, -0.1) is 11.3 Å². The Balaban J connectivity index is 2.30. The summed E-state index contributed by atoms with van der Waals surface area (Å²) in [5.74, 6) is 0.0915. The number of nitrogens with one attached hydrogen (secondary N) is 1. The van der Waals surface area contributed by atoms with Gasteiger partial charge in [0.05, 0.1) is 11.0 Å². The fourth-order valence-electron chi connectivity index (χ4n) is 1.34. The van der Waals surface area contributed by atoms with Crippen molar-refractivity contribution in [3.8, 4) is 0 Å². The van der Waals surface area contributed by atoms with Crippen molar-refractivity contribution in [1.29, 1.82) is 0 Å².